The van der Waals surface area contributed by atoms with Crippen molar-refractivity contribution in [2.45, 2.75) is 13.3 Å². The summed E-state index contributed by atoms with van der Waals surface area (Å²) >= 11 is 0. The molecule has 2 rings (SSSR count). The van der Waals surface area contributed by atoms with Gasteiger partial charge in [0.1, 0.15) is 0 Å². The largest absolute Gasteiger partial charge is 0.311 e. The standard InChI is InChI=1S/C10H14N2/c1-8-4-3-5-10-9(8)6-7-11-12(10)2/h3-5,11H,6-7H2,1-2H3. The van der Waals surface area contributed by atoms with Crippen molar-refractivity contribution in [1.29, 1.82) is 0 Å². The minimum atomic E-state index is 1.05. The normalized spacial score (nSPS) is 16.0. The fourth-order valence-corrected chi connectivity index (χ4v) is 1.76. The highest BCUT2D eigenvalue weighted by atomic mass is 15.5. The number of anilines is 1. The number of fused-ring (bicyclic) bond motifs is 1. The van der Waals surface area contributed by atoms with Crippen molar-refractivity contribution in [3.8, 4) is 0 Å². The van der Waals surface area contributed by atoms with Crippen molar-refractivity contribution >= 4 is 5.69 Å². The van der Waals surface area contributed by atoms with Crippen LogP contribution in [0.5, 0.6) is 0 Å². The molecule has 0 bridgehead atoms. The second-order valence-electron chi connectivity index (χ2n) is 3.29. The van der Waals surface area contributed by atoms with E-state index in [1.807, 2.05) is 0 Å². The summed E-state index contributed by atoms with van der Waals surface area (Å²) in [6.45, 7) is 3.23. The molecule has 1 heterocycles. The van der Waals surface area contributed by atoms with Gasteiger partial charge in [-0.3, -0.25) is 0 Å². The molecule has 0 saturated carbocycles. The Bertz CT molecular complexity index is 294. The van der Waals surface area contributed by atoms with Crippen LogP contribution in [0, 0.1) is 6.92 Å². The second kappa shape index (κ2) is 2.79. The van der Waals surface area contributed by atoms with Gasteiger partial charge in [0.05, 0.1) is 5.69 Å². The van der Waals surface area contributed by atoms with Crippen LogP contribution in [-0.4, -0.2) is 13.6 Å². The summed E-state index contributed by atoms with van der Waals surface area (Å²) in [6.07, 6.45) is 1.15. The predicted octanol–water partition coefficient (Wildman–Crippen LogP) is 1.49. The summed E-state index contributed by atoms with van der Waals surface area (Å²) in [6, 6.07) is 6.45. The molecule has 1 aromatic carbocycles. The zero-order valence-corrected chi connectivity index (χ0v) is 7.59. The molecule has 1 aliphatic rings. The van der Waals surface area contributed by atoms with Gasteiger partial charge in [0, 0.05) is 13.6 Å². The molecule has 1 aromatic rings. The number of rotatable bonds is 0. The lowest BCUT2D eigenvalue weighted by molar-refractivity contribution is 0.639. The molecular formula is C10H14N2. The number of hydrogen-bond donors (Lipinski definition) is 1. The second-order valence-corrected chi connectivity index (χ2v) is 3.29. The topological polar surface area (TPSA) is 15.3 Å². The van der Waals surface area contributed by atoms with Crippen molar-refractivity contribution in [3.63, 3.8) is 0 Å². The summed E-state index contributed by atoms with van der Waals surface area (Å²) in [4.78, 5) is 0. The van der Waals surface area contributed by atoms with Gasteiger partial charge in [-0.15, -0.1) is 0 Å². The lowest BCUT2D eigenvalue weighted by atomic mass is 10.0. The minimum Gasteiger partial charge on any atom is -0.311 e. The van der Waals surface area contributed by atoms with Gasteiger partial charge in [0.15, 0.2) is 0 Å². The van der Waals surface area contributed by atoms with Crippen LogP contribution in [0.3, 0.4) is 0 Å². The highest BCUT2D eigenvalue weighted by Crippen LogP contribution is 2.24. The molecule has 1 aliphatic heterocycles. The number of nitrogens with one attached hydrogen (secondary N) is 1. The monoisotopic (exact) mass is 162 g/mol. The number of hydrogen-bond acceptors (Lipinski definition) is 2. The van der Waals surface area contributed by atoms with Gasteiger partial charge in [-0.25, -0.2) is 5.43 Å². The third-order valence-electron chi connectivity index (χ3n) is 2.47. The molecule has 0 radical (unpaired) electrons. The van der Waals surface area contributed by atoms with Crippen LogP contribution < -0.4 is 10.4 Å². The zero-order valence-electron chi connectivity index (χ0n) is 7.59. The highest BCUT2D eigenvalue weighted by molar-refractivity contribution is 5.56. The Morgan fingerprint density at radius 1 is 1.42 bits per heavy atom. The molecule has 0 saturated heterocycles. The Morgan fingerprint density at radius 3 is 3.00 bits per heavy atom. The van der Waals surface area contributed by atoms with E-state index in [2.05, 4.69) is 42.6 Å². The summed E-state index contributed by atoms with van der Waals surface area (Å²) in [7, 11) is 2.07. The van der Waals surface area contributed by atoms with E-state index in [9.17, 15) is 0 Å². The number of aryl methyl sites for hydroxylation is 1. The van der Waals surface area contributed by atoms with E-state index in [0.29, 0.717) is 0 Å². The van der Waals surface area contributed by atoms with Crippen molar-refractivity contribution in [2.24, 2.45) is 0 Å². The molecular weight excluding hydrogens is 148 g/mol. The minimum absolute atomic E-state index is 1.05. The summed E-state index contributed by atoms with van der Waals surface area (Å²) in [5.74, 6) is 0. The zero-order chi connectivity index (χ0) is 8.55. The Balaban J connectivity index is 2.52. The van der Waals surface area contributed by atoms with Gasteiger partial charge in [0.2, 0.25) is 0 Å². The van der Waals surface area contributed by atoms with E-state index in [4.69, 9.17) is 0 Å². The molecule has 0 unspecified atom stereocenters. The quantitative estimate of drug-likeness (QED) is 0.621. The highest BCUT2D eigenvalue weighted by Gasteiger charge is 2.13. The van der Waals surface area contributed by atoms with Gasteiger partial charge >= 0.3 is 0 Å². The lowest BCUT2D eigenvalue weighted by Crippen LogP contribution is -2.40. The molecule has 0 amide bonds. The van der Waals surface area contributed by atoms with Crippen molar-refractivity contribution in [3.05, 3.63) is 29.3 Å². The molecule has 0 aliphatic carbocycles. The van der Waals surface area contributed by atoms with Crippen LogP contribution in [0.1, 0.15) is 11.1 Å². The van der Waals surface area contributed by atoms with Gasteiger partial charge in [-0.1, -0.05) is 12.1 Å². The van der Waals surface area contributed by atoms with E-state index in [1.165, 1.54) is 16.8 Å². The predicted molar refractivity (Wildman–Crippen MR) is 51.3 cm³/mol. The van der Waals surface area contributed by atoms with E-state index in [0.717, 1.165) is 13.0 Å². The van der Waals surface area contributed by atoms with Crippen LogP contribution in [0.15, 0.2) is 18.2 Å². The maximum Gasteiger partial charge on any atom is 0.0551 e. The maximum absolute atomic E-state index is 3.30. The van der Waals surface area contributed by atoms with Crippen molar-refractivity contribution < 1.29 is 0 Å². The average Bonchev–Trinajstić information content (AvgIpc) is 2.07. The Kier molecular flexibility index (Phi) is 1.77. The summed E-state index contributed by atoms with van der Waals surface area (Å²) in [5.41, 5.74) is 7.51. The van der Waals surface area contributed by atoms with Crippen LogP contribution in [-0.2, 0) is 6.42 Å². The maximum atomic E-state index is 3.30. The summed E-state index contributed by atoms with van der Waals surface area (Å²) < 4.78 is 0. The molecule has 64 valence electrons. The van der Waals surface area contributed by atoms with Crippen molar-refractivity contribution in [1.82, 2.24) is 5.43 Å². The van der Waals surface area contributed by atoms with Crippen LogP contribution >= 0.6 is 0 Å². The summed E-state index contributed by atoms with van der Waals surface area (Å²) in [5, 5.41) is 2.10. The third kappa shape index (κ3) is 1.08. The molecule has 0 aromatic heterocycles. The molecule has 1 N–H and O–H groups in total. The van der Waals surface area contributed by atoms with Gasteiger partial charge in [0.25, 0.3) is 0 Å². The molecule has 2 heteroatoms. The number of benzene rings is 1. The third-order valence-corrected chi connectivity index (χ3v) is 2.47. The average molecular weight is 162 g/mol. The smallest absolute Gasteiger partial charge is 0.0551 e. The molecule has 2 nitrogen and oxygen atoms in total. The first-order chi connectivity index (χ1) is 5.79. The molecule has 0 atom stereocenters. The molecule has 0 fully saturated rings. The Labute approximate surface area is 73.2 Å². The van der Waals surface area contributed by atoms with Crippen LogP contribution in [0.4, 0.5) is 5.69 Å². The molecule has 12 heavy (non-hydrogen) atoms. The van der Waals surface area contributed by atoms with Gasteiger partial charge in [-0.05, 0) is 30.5 Å². The fourth-order valence-electron chi connectivity index (χ4n) is 1.76. The first-order valence-electron chi connectivity index (χ1n) is 4.35. The van der Waals surface area contributed by atoms with Crippen LogP contribution in [0.2, 0.25) is 0 Å². The van der Waals surface area contributed by atoms with Crippen molar-refractivity contribution in [2.75, 3.05) is 18.6 Å². The van der Waals surface area contributed by atoms with E-state index >= 15 is 0 Å². The first-order valence-corrected chi connectivity index (χ1v) is 4.35. The van der Waals surface area contributed by atoms with E-state index in [1.54, 1.807) is 0 Å². The Hall–Kier alpha value is -1.02. The fraction of sp³-hybridized carbons (Fsp3) is 0.400. The van der Waals surface area contributed by atoms with E-state index < -0.39 is 0 Å². The molecule has 0 spiro atoms. The Morgan fingerprint density at radius 2 is 2.25 bits per heavy atom. The van der Waals surface area contributed by atoms with Gasteiger partial charge < -0.3 is 5.01 Å². The number of nitrogens with zero attached hydrogens (tertiary/aromatic N) is 1. The van der Waals surface area contributed by atoms with Gasteiger partial charge in [-0.2, -0.15) is 0 Å². The lowest BCUT2D eigenvalue weighted by Gasteiger charge is -2.29. The SMILES string of the molecule is Cc1cccc2c1CCNN2C. The first kappa shape index (κ1) is 7.62. The van der Waals surface area contributed by atoms with E-state index in [-0.39, 0.29) is 0 Å². The number of hydrazine groups is 1. The van der Waals surface area contributed by atoms with Crippen LogP contribution in [0.25, 0.3) is 0 Å².